The predicted molar refractivity (Wildman–Crippen MR) is 87.7 cm³/mol. The largest absolute Gasteiger partial charge is 0.454 e. The van der Waals surface area contributed by atoms with E-state index in [1.54, 1.807) is 37.5 Å². The molecule has 0 N–H and O–H groups in total. The second-order valence-corrected chi connectivity index (χ2v) is 5.13. The van der Waals surface area contributed by atoms with Crippen molar-refractivity contribution >= 4 is 11.6 Å². The van der Waals surface area contributed by atoms with E-state index >= 15 is 0 Å². The summed E-state index contributed by atoms with van der Waals surface area (Å²) < 4.78 is 7.12. The molecule has 5 nitrogen and oxygen atoms in total. The highest BCUT2D eigenvalue weighted by Crippen LogP contribution is 2.17. The van der Waals surface area contributed by atoms with Crippen LogP contribution >= 0.6 is 0 Å². The van der Waals surface area contributed by atoms with Crippen LogP contribution in [0.15, 0.2) is 76.1 Å². The maximum atomic E-state index is 12.4. The molecule has 1 amide bonds. The standard InChI is InChI=1S/C18H16N2O3/c1-19(14-7-3-2-4-8-14)18(22)16-11-10-15(23-16)13-20-12-6-5-9-17(20)21/h2-12H,13H2,1H3. The van der Waals surface area contributed by atoms with E-state index in [0.717, 1.165) is 5.69 Å². The highest BCUT2D eigenvalue weighted by atomic mass is 16.4. The van der Waals surface area contributed by atoms with Crippen molar-refractivity contribution in [1.29, 1.82) is 0 Å². The Morgan fingerprint density at radius 3 is 2.52 bits per heavy atom. The predicted octanol–water partition coefficient (Wildman–Crippen LogP) is 2.77. The molecule has 0 saturated carbocycles. The number of aromatic nitrogens is 1. The summed E-state index contributed by atoms with van der Waals surface area (Å²) in [7, 11) is 1.70. The molecule has 23 heavy (non-hydrogen) atoms. The van der Waals surface area contributed by atoms with Crippen molar-refractivity contribution in [3.8, 4) is 0 Å². The molecule has 0 aliphatic rings. The molecule has 5 heteroatoms. The first-order valence-electron chi connectivity index (χ1n) is 7.22. The summed E-state index contributed by atoms with van der Waals surface area (Å²) in [6.07, 6.45) is 1.68. The lowest BCUT2D eigenvalue weighted by Crippen LogP contribution is -2.25. The smallest absolute Gasteiger partial charge is 0.293 e. The molecule has 1 aromatic carbocycles. The quantitative estimate of drug-likeness (QED) is 0.744. The first kappa shape index (κ1) is 14.8. The number of amides is 1. The Kier molecular flexibility index (Phi) is 4.10. The molecular formula is C18H16N2O3. The number of rotatable bonds is 4. The average molecular weight is 308 g/mol. The number of para-hydroxylation sites is 1. The number of carbonyl (C=O) groups excluding carboxylic acids is 1. The minimum Gasteiger partial charge on any atom is -0.454 e. The van der Waals surface area contributed by atoms with Crippen molar-refractivity contribution in [3.05, 3.63) is 88.7 Å². The number of benzene rings is 1. The second-order valence-electron chi connectivity index (χ2n) is 5.13. The molecule has 0 saturated heterocycles. The molecule has 0 fully saturated rings. The van der Waals surface area contributed by atoms with Gasteiger partial charge < -0.3 is 13.9 Å². The fraction of sp³-hybridized carbons (Fsp3) is 0.111. The van der Waals surface area contributed by atoms with Gasteiger partial charge in [0.05, 0.1) is 6.54 Å². The van der Waals surface area contributed by atoms with E-state index in [1.165, 1.54) is 15.5 Å². The highest BCUT2D eigenvalue weighted by molar-refractivity contribution is 6.03. The van der Waals surface area contributed by atoms with Crippen LogP contribution in [0.2, 0.25) is 0 Å². The van der Waals surface area contributed by atoms with Gasteiger partial charge in [-0.1, -0.05) is 24.3 Å². The van der Waals surface area contributed by atoms with Crippen molar-refractivity contribution in [2.45, 2.75) is 6.54 Å². The fourth-order valence-electron chi connectivity index (χ4n) is 2.27. The molecule has 3 aromatic rings. The zero-order valence-electron chi connectivity index (χ0n) is 12.7. The van der Waals surface area contributed by atoms with Crippen LogP contribution in [0.5, 0.6) is 0 Å². The van der Waals surface area contributed by atoms with Gasteiger partial charge in [0.25, 0.3) is 11.5 Å². The van der Waals surface area contributed by atoms with Crippen LogP contribution in [0.1, 0.15) is 16.3 Å². The maximum Gasteiger partial charge on any atom is 0.293 e. The first-order valence-corrected chi connectivity index (χ1v) is 7.22. The maximum absolute atomic E-state index is 12.4. The van der Waals surface area contributed by atoms with Crippen LogP contribution in [0.25, 0.3) is 0 Å². The summed E-state index contributed by atoms with van der Waals surface area (Å²) in [6.45, 7) is 0.294. The SMILES string of the molecule is CN(C(=O)c1ccc(Cn2ccccc2=O)o1)c1ccccc1. The van der Waals surface area contributed by atoms with Crippen molar-refractivity contribution in [3.63, 3.8) is 0 Å². The Morgan fingerprint density at radius 1 is 1.04 bits per heavy atom. The number of pyridine rings is 1. The highest BCUT2D eigenvalue weighted by Gasteiger charge is 2.17. The van der Waals surface area contributed by atoms with Crippen LogP contribution in [0.4, 0.5) is 5.69 Å². The summed E-state index contributed by atoms with van der Waals surface area (Å²) in [6, 6.07) is 17.6. The number of furan rings is 1. The molecule has 0 bridgehead atoms. The lowest BCUT2D eigenvalue weighted by Gasteiger charge is -2.15. The van der Waals surface area contributed by atoms with E-state index in [2.05, 4.69) is 0 Å². The lowest BCUT2D eigenvalue weighted by atomic mass is 10.3. The number of nitrogens with zero attached hydrogens (tertiary/aromatic N) is 2. The molecule has 116 valence electrons. The van der Waals surface area contributed by atoms with Gasteiger partial charge in [-0.2, -0.15) is 0 Å². The normalized spacial score (nSPS) is 10.5. The van der Waals surface area contributed by atoms with E-state index in [-0.39, 0.29) is 17.2 Å². The number of carbonyl (C=O) groups is 1. The van der Waals surface area contributed by atoms with Gasteiger partial charge in [-0.3, -0.25) is 9.59 Å². The van der Waals surface area contributed by atoms with E-state index in [0.29, 0.717) is 12.3 Å². The molecular weight excluding hydrogens is 292 g/mol. The van der Waals surface area contributed by atoms with Crippen molar-refractivity contribution in [2.75, 3.05) is 11.9 Å². The van der Waals surface area contributed by atoms with Gasteiger partial charge in [-0.15, -0.1) is 0 Å². The summed E-state index contributed by atoms with van der Waals surface area (Å²) in [5.74, 6) is 0.571. The number of anilines is 1. The third kappa shape index (κ3) is 3.23. The van der Waals surface area contributed by atoms with Crippen molar-refractivity contribution in [2.24, 2.45) is 0 Å². The summed E-state index contributed by atoms with van der Waals surface area (Å²) in [5, 5.41) is 0. The molecule has 2 heterocycles. The molecule has 3 rings (SSSR count). The van der Waals surface area contributed by atoms with E-state index in [9.17, 15) is 9.59 Å². The number of hydrogen-bond acceptors (Lipinski definition) is 3. The topological polar surface area (TPSA) is 55.5 Å². The second kappa shape index (κ2) is 6.36. The van der Waals surface area contributed by atoms with Gasteiger partial charge in [0.15, 0.2) is 5.76 Å². The molecule has 2 aromatic heterocycles. The molecule has 0 spiro atoms. The fourth-order valence-corrected chi connectivity index (χ4v) is 2.27. The third-order valence-electron chi connectivity index (χ3n) is 3.55. The third-order valence-corrected chi connectivity index (χ3v) is 3.55. The molecule has 0 unspecified atom stereocenters. The van der Waals surface area contributed by atoms with E-state index in [1.807, 2.05) is 30.3 Å². The summed E-state index contributed by atoms with van der Waals surface area (Å²) in [5.41, 5.74) is 0.674. The monoisotopic (exact) mass is 308 g/mol. The minimum absolute atomic E-state index is 0.113. The van der Waals surface area contributed by atoms with Crippen LogP contribution in [0.3, 0.4) is 0 Å². The van der Waals surface area contributed by atoms with Gasteiger partial charge >= 0.3 is 0 Å². The molecule has 0 aliphatic heterocycles. The minimum atomic E-state index is -0.233. The Balaban J connectivity index is 1.78. The van der Waals surface area contributed by atoms with Gasteiger partial charge in [-0.05, 0) is 30.3 Å². The average Bonchev–Trinajstić information content (AvgIpc) is 3.05. The molecule has 0 radical (unpaired) electrons. The Labute approximate surface area is 133 Å². The first-order chi connectivity index (χ1) is 11.1. The van der Waals surface area contributed by atoms with Gasteiger partial charge in [0, 0.05) is 25.0 Å². The lowest BCUT2D eigenvalue weighted by molar-refractivity contribution is 0.0964. The van der Waals surface area contributed by atoms with Crippen LogP contribution in [-0.4, -0.2) is 17.5 Å². The van der Waals surface area contributed by atoms with Gasteiger partial charge in [0.1, 0.15) is 5.76 Å². The Hall–Kier alpha value is -3.08. The van der Waals surface area contributed by atoms with Gasteiger partial charge in [0.2, 0.25) is 0 Å². The zero-order valence-corrected chi connectivity index (χ0v) is 12.7. The zero-order chi connectivity index (χ0) is 16.2. The van der Waals surface area contributed by atoms with Crippen LogP contribution < -0.4 is 10.5 Å². The van der Waals surface area contributed by atoms with E-state index in [4.69, 9.17) is 4.42 Å². The molecule has 0 aliphatic carbocycles. The van der Waals surface area contributed by atoms with Crippen molar-refractivity contribution < 1.29 is 9.21 Å². The van der Waals surface area contributed by atoms with Crippen LogP contribution in [-0.2, 0) is 6.54 Å². The molecule has 0 atom stereocenters. The Morgan fingerprint density at radius 2 is 1.78 bits per heavy atom. The van der Waals surface area contributed by atoms with Crippen molar-refractivity contribution in [1.82, 2.24) is 4.57 Å². The van der Waals surface area contributed by atoms with Crippen LogP contribution in [0, 0.1) is 0 Å². The summed E-state index contributed by atoms with van der Waals surface area (Å²) in [4.78, 5) is 25.7. The van der Waals surface area contributed by atoms with Gasteiger partial charge in [-0.25, -0.2) is 0 Å². The summed E-state index contributed by atoms with van der Waals surface area (Å²) >= 11 is 0. The Bertz CT molecular complexity index is 865. The van der Waals surface area contributed by atoms with E-state index < -0.39 is 0 Å². The number of hydrogen-bond donors (Lipinski definition) is 0.